The first kappa shape index (κ1) is 10.5. The first-order chi connectivity index (χ1) is 8.25. The molecule has 3 heteroatoms. The van der Waals surface area contributed by atoms with Crippen LogP contribution in [-0.2, 0) is 6.42 Å². The van der Waals surface area contributed by atoms with Gasteiger partial charge in [0.25, 0.3) is 5.82 Å². The minimum atomic E-state index is 0.613. The van der Waals surface area contributed by atoms with Crippen molar-refractivity contribution in [2.75, 3.05) is 0 Å². The highest BCUT2D eigenvalue weighted by molar-refractivity contribution is 5.28. The molecule has 1 aromatic heterocycles. The molecule has 0 unspecified atom stereocenters. The number of nitrogens with zero attached hydrogens (tertiary/aromatic N) is 3. The van der Waals surface area contributed by atoms with Gasteiger partial charge in [-0.3, -0.25) is 0 Å². The van der Waals surface area contributed by atoms with E-state index in [4.69, 9.17) is 0 Å². The second kappa shape index (κ2) is 3.99. The lowest BCUT2D eigenvalue weighted by Crippen LogP contribution is -2.38. The lowest BCUT2D eigenvalue weighted by Gasteiger charge is -2.11. The first-order valence-electron chi connectivity index (χ1n) is 6.31. The molecule has 17 heavy (non-hydrogen) atoms. The van der Waals surface area contributed by atoms with Crippen LogP contribution in [-0.4, -0.2) is 9.78 Å². The van der Waals surface area contributed by atoms with Gasteiger partial charge < -0.3 is 0 Å². The third-order valence-corrected chi connectivity index (χ3v) is 3.57. The lowest BCUT2D eigenvalue weighted by atomic mass is 10.0. The molecular formula is C14H18N3+. The predicted octanol–water partition coefficient (Wildman–Crippen LogP) is 2.30. The van der Waals surface area contributed by atoms with Crippen molar-refractivity contribution in [1.29, 1.82) is 0 Å². The average Bonchev–Trinajstić information content (AvgIpc) is 2.88. The molecule has 88 valence electrons. The Labute approximate surface area is 102 Å². The van der Waals surface area contributed by atoms with Crippen molar-refractivity contribution in [2.24, 2.45) is 5.92 Å². The summed E-state index contributed by atoms with van der Waals surface area (Å²) < 4.78 is 4.33. The van der Waals surface area contributed by atoms with Crippen LogP contribution in [0.25, 0.3) is 5.69 Å². The van der Waals surface area contributed by atoms with Crippen LogP contribution >= 0.6 is 0 Å². The molecule has 2 aromatic rings. The molecule has 0 saturated carbocycles. The maximum Gasteiger partial charge on any atom is 0.278 e. The van der Waals surface area contributed by atoms with Gasteiger partial charge in [-0.05, 0) is 24.5 Å². The van der Waals surface area contributed by atoms with Crippen molar-refractivity contribution in [1.82, 2.24) is 9.78 Å². The fourth-order valence-electron chi connectivity index (χ4n) is 2.62. The second-order valence-corrected chi connectivity index (χ2v) is 5.07. The van der Waals surface area contributed by atoms with Crippen LogP contribution in [0.15, 0.2) is 36.7 Å². The molecule has 0 fully saturated rings. The van der Waals surface area contributed by atoms with Crippen molar-refractivity contribution < 1.29 is 4.57 Å². The standard InChI is InChI=1S/C14H18N3/c1-11(2)13-8-9-14-15-17(10-16(13)14)12-6-4-3-5-7-12/h3-7,10-11,13H,8-9H2,1-2H3/q+1/t13-/m0/s1. The third kappa shape index (κ3) is 1.75. The van der Waals surface area contributed by atoms with Gasteiger partial charge in [0.2, 0.25) is 6.33 Å². The number of aryl methyl sites for hydroxylation is 1. The van der Waals surface area contributed by atoms with Gasteiger partial charge in [-0.15, -0.1) is 0 Å². The zero-order valence-corrected chi connectivity index (χ0v) is 10.4. The number of hydrogen-bond acceptors (Lipinski definition) is 1. The Morgan fingerprint density at radius 3 is 2.76 bits per heavy atom. The first-order valence-corrected chi connectivity index (χ1v) is 6.31. The van der Waals surface area contributed by atoms with E-state index in [0.29, 0.717) is 12.0 Å². The van der Waals surface area contributed by atoms with E-state index in [9.17, 15) is 0 Å². The van der Waals surface area contributed by atoms with Crippen LogP contribution in [0, 0.1) is 5.92 Å². The summed E-state index contributed by atoms with van der Waals surface area (Å²) in [5.41, 5.74) is 1.14. The van der Waals surface area contributed by atoms with Gasteiger partial charge in [0.1, 0.15) is 5.69 Å². The smallest absolute Gasteiger partial charge is 0.231 e. The lowest BCUT2D eigenvalue weighted by molar-refractivity contribution is -0.723. The molecule has 0 spiro atoms. The molecular weight excluding hydrogens is 210 g/mol. The van der Waals surface area contributed by atoms with E-state index in [1.54, 1.807) is 0 Å². The van der Waals surface area contributed by atoms with E-state index in [1.807, 2.05) is 22.9 Å². The Kier molecular flexibility index (Phi) is 2.46. The molecule has 2 heterocycles. The molecule has 0 bridgehead atoms. The molecule has 0 amide bonds. The summed E-state index contributed by atoms with van der Waals surface area (Å²) in [7, 11) is 0. The van der Waals surface area contributed by atoms with Gasteiger partial charge >= 0.3 is 0 Å². The minimum Gasteiger partial charge on any atom is -0.231 e. The largest absolute Gasteiger partial charge is 0.278 e. The van der Waals surface area contributed by atoms with Crippen LogP contribution in [0.2, 0.25) is 0 Å². The van der Waals surface area contributed by atoms with E-state index in [1.165, 1.54) is 12.2 Å². The average molecular weight is 228 g/mol. The molecule has 3 rings (SSSR count). The molecule has 3 nitrogen and oxygen atoms in total. The van der Waals surface area contributed by atoms with E-state index in [0.717, 1.165) is 12.1 Å². The van der Waals surface area contributed by atoms with Crippen LogP contribution in [0.5, 0.6) is 0 Å². The zero-order valence-electron chi connectivity index (χ0n) is 10.4. The molecule has 1 atom stereocenters. The molecule has 0 radical (unpaired) electrons. The van der Waals surface area contributed by atoms with E-state index in [-0.39, 0.29) is 0 Å². The number of aromatic nitrogens is 3. The summed E-state index contributed by atoms with van der Waals surface area (Å²) in [6.07, 6.45) is 4.47. The van der Waals surface area contributed by atoms with Gasteiger partial charge in [-0.25, -0.2) is 4.57 Å². The number of hydrogen-bond donors (Lipinski definition) is 0. The molecule has 1 aliphatic rings. The van der Waals surface area contributed by atoms with Crippen molar-refractivity contribution in [2.45, 2.75) is 32.7 Å². The summed E-state index contributed by atoms with van der Waals surface area (Å²) in [4.78, 5) is 0. The molecule has 0 aliphatic carbocycles. The molecule has 1 aliphatic heterocycles. The summed E-state index contributed by atoms with van der Waals surface area (Å²) in [6.45, 7) is 4.57. The van der Waals surface area contributed by atoms with Gasteiger partial charge in [0.15, 0.2) is 0 Å². The summed E-state index contributed by atoms with van der Waals surface area (Å²) in [5.74, 6) is 1.89. The van der Waals surface area contributed by atoms with Gasteiger partial charge in [0, 0.05) is 11.5 Å². The van der Waals surface area contributed by atoms with Gasteiger partial charge in [-0.2, -0.15) is 0 Å². The molecule has 0 saturated heterocycles. The van der Waals surface area contributed by atoms with Crippen molar-refractivity contribution in [3.8, 4) is 5.69 Å². The monoisotopic (exact) mass is 228 g/mol. The Hall–Kier alpha value is -1.64. The SMILES string of the molecule is CC(C)[C@@H]1CCc2nn(-c3ccccc3)c[n+]21. The number of para-hydroxylation sites is 1. The van der Waals surface area contributed by atoms with Crippen LogP contribution < -0.4 is 4.57 Å². The number of fused-ring (bicyclic) bond motifs is 1. The highest BCUT2D eigenvalue weighted by Gasteiger charge is 2.33. The van der Waals surface area contributed by atoms with Crippen LogP contribution in [0.1, 0.15) is 32.1 Å². The predicted molar refractivity (Wildman–Crippen MR) is 66.0 cm³/mol. The highest BCUT2D eigenvalue weighted by Crippen LogP contribution is 2.23. The van der Waals surface area contributed by atoms with Crippen molar-refractivity contribution >= 4 is 0 Å². The van der Waals surface area contributed by atoms with Gasteiger partial charge in [0.05, 0.1) is 6.04 Å². The summed E-state index contributed by atoms with van der Waals surface area (Å²) in [5, 5.41) is 4.67. The molecule has 1 aromatic carbocycles. The normalized spacial score (nSPS) is 18.6. The third-order valence-electron chi connectivity index (χ3n) is 3.57. The number of benzene rings is 1. The quantitative estimate of drug-likeness (QED) is 0.723. The minimum absolute atomic E-state index is 0.613. The second-order valence-electron chi connectivity index (χ2n) is 5.07. The fraction of sp³-hybridized carbons (Fsp3) is 0.429. The van der Waals surface area contributed by atoms with E-state index >= 15 is 0 Å². The Morgan fingerprint density at radius 1 is 1.29 bits per heavy atom. The van der Waals surface area contributed by atoms with Gasteiger partial charge in [-0.1, -0.05) is 36.7 Å². The zero-order chi connectivity index (χ0) is 11.8. The fourth-order valence-corrected chi connectivity index (χ4v) is 2.62. The Balaban J connectivity index is 1.99. The highest BCUT2D eigenvalue weighted by atomic mass is 15.4. The topological polar surface area (TPSA) is 21.7 Å². The van der Waals surface area contributed by atoms with Crippen LogP contribution in [0.3, 0.4) is 0 Å². The maximum atomic E-state index is 4.67. The number of rotatable bonds is 2. The Bertz CT molecular complexity index is 514. The van der Waals surface area contributed by atoms with E-state index in [2.05, 4.69) is 42.0 Å². The van der Waals surface area contributed by atoms with Crippen molar-refractivity contribution in [3.63, 3.8) is 0 Å². The molecule has 0 N–H and O–H groups in total. The maximum absolute atomic E-state index is 4.67. The van der Waals surface area contributed by atoms with Crippen LogP contribution in [0.4, 0.5) is 0 Å². The van der Waals surface area contributed by atoms with E-state index < -0.39 is 0 Å². The summed E-state index contributed by atoms with van der Waals surface area (Å²) >= 11 is 0. The Morgan fingerprint density at radius 2 is 2.06 bits per heavy atom. The summed E-state index contributed by atoms with van der Waals surface area (Å²) in [6, 6.07) is 10.9. The van der Waals surface area contributed by atoms with Crippen molar-refractivity contribution in [3.05, 3.63) is 42.5 Å².